The Morgan fingerprint density at radius 1 is 1.00 bits per heavy atom. The molecule has 0 atom stereocenters. The minimum Gasteiger partial charge on any atom is -0.481 e. The van der Waals surface area contributed by atoms with Gasteiger partial charge in [-0.2, -0.15) is 0 Å². The van der Waals surface area contributed by atoms with Gasteiger partial charge in [0.05, 0.1) is 0 Å². The highest BCUT2D eigenvalue weighted by molar-refractivity contribution is 5.94. The molecule has 0 aliphatic carbocycles. The van der Waals surface area contributed by atoms with Gasteiger partial charge in [0.25, 0.3) is 5.91 Å². The minimum atomic E-state index is -0.747. The van der Waals surface area contributed by atoms with Crippen molar-refractivity contribution in [3.63, 3.8) is 0 Å². The van der Waals surface area contributed by atoms with Crippen molar-refractivity contribution < 1.29 is 19.5 Å². The van der Waals surface area contributed by atoms with Crippen molar-refractivity contribution in [1.82, 2.24) is 5.32 Å². The van der Waals surface area contributed by atoms with E-state index in [1.165, 1.54) is 0 Å². The fourth-order valence-electron chi connectivity index (χ4n) is 1.95. The van der Waals surface area contributed by atoms with Crippen LogP contribution in [0.1, 0.15) is 59.2 Å². The average Bonchev–Trinajstić information content (AvgIpc) is 2.49. The molecule has 1 aromatic rings. The van der Waals surface area contributed by atoms with Crippen molar-refractivity contribution in [1.29, 1.82) is 0 Å². The second-order valence-electron chi connectivity index (χ2n) is 4.91. The Labute approximate surface area is 124 Å². The van der Waals surface area contributed by atoms with Crippen LogP contribution >= 0.6 is 0 Å². The Balaban J connectivity index is 2.10. The molecule has 0 unspecified atom stereocenters. The molecule has 0 radical (unpaired) electrons. The summed E-state index contributed by atoms with van der Waals surface area (Å²) < 4.78 is 0. The van der Waals surface area contributed by atoms with Gasteiger partial charge < -0.3 is 10.4 Å². The molecule has 0 aliphatic heterocycles. The number of aliphatic carboxylic acids is 1. The lowest BCUT2D eigenvalue weighted by Crippen LogP contribution is -2.24. The van der Waals surface area contributed by atoms with Crippen LogP contribution in [-0.4, -0.2) is 29.8 Å². The standard InChI is InChI=1S/C16H21NO4/c18-12-13-7-9-14(10-8-13)16(21)17-11-5-3-1-2-4-6-15(19)20/h7-10,12H,1-6,11H2,(H,17,21)(H,19,20). The monoisotopic (exact) mass is 291 g/mol. The molecule has 0 fully saturated rings. The van der Waals surface area contributed by atoms with Crippen LogP contribution in [0.15, 0.2) is 24.3 Å². The number of benzene rings is 1. The van der Waals surface area contributed by atoms with Crippen LogP contribution in [0, 0.1) is 0 Å². The Kier molecular flexibility index (Phi) is 7.79. The number of hydrogen-bond acceptors (Lipinski definition) is 3. The summed E-state index contributed by atoms with van der Waals surface area (Å²) in [5.41, 5.74) is 1.09. The maximum atomic E-state index is 11.8. The lowest BCUT2D eigenvalue weighted by molar-refractivity contribution is -0.137. The molecule has 0 heterocycles. The number of carboxylic acids is 1. The van der Waals surface area contributed by atoms with Crippen molar-refractivity contribution in [3.8, 4) is 0 Å². The summed E-state index contributed by atoms with van der Waals surface area (Å²) in [6.45, 7) is 0.604. The van der Waals surface area contributed by atoms with E-state index in [-0.39, 0.29) is 12.3 Å². The van der Waals surface area contributed by atoms with E-state index in [0.717, 1.165) is 32.0 Å². The van der Waals surface area contributed by atoms with E-state index in [1.807, 2.05) is 0 Å². The average molecular weight is 291 g/mol. The largest absolute Gasteiger partial charge is 0.481 e. The molecule has 1 rings (SSSR count). The number of nitrogens with one attached hydrogen (secondary N) is 1. The molecule has 0 bridgehead atoms. The summed E-state index contributed by atoms with van der Waals surface area (Å²) in [5.74, 6) is -0.888. The van der Waals surface area contributed by atoms with Crippen molar-refractivity contribution in [2.45, 2.75) is 38.5 Å². The molecule has 114 valence electrons. The predicted molar refractivity (Wildman–Crippen MR) is 79.5 cm³/mol. The topological polar surface area (TPSA) is 83.5 Å². The quantitative estimate of drug-likeness (QED) is 0.513. The number of carbonyl (C=O) groups excluding carboxylic acids is 2. The van der Waals surface area contributed by atoms with E-state index >= 15 is 0 Å². The second kappa shape index (κ2) is 9.69. The molecular weight excluding hydrogens is 270 g/mol. The van der Waals surface area contributed by atoms with Gasteiger partial charge in [0.15, 0.2) is 0 Å². The van der Waals surface area contributed by atoms with Crippen molar-refractivity contribution >= 4 is 18.2 Å². The van der Waals surface area contributed by atoms with Crippen LogP contribution in [0.2, 0.25) is 0 Å². The summed E-state index contributed by atoms with van der Waals surface area (Å²) in [6.07, 6.45) is 5.43. The van der Waals surface area contributed by atoms with Gasteiger partial charge in [0.2, 0.25) is 0 Å². The van der Waals surface area contributed by atoms with Gasteiger partial charge in [0.1, 0.15) is 6.29 Å². The van der Waals surface area contributed by atoms with Gasteiger partial charge in [-0.05, 0) is 25.0 Å². The summed E-state index contributed by atoms with van der Waals surface area (Å²) in [5, 5.41) is 11.3. The highest BCUT2D eigenvalue weighted by Crippen LogP contribution is 2.05. The number of amides is 1. The van der Waals surface area contributed by atoms with E-state index in [9.17, 15) is 14.4 Å². The maximum absolute atomic E-state index is 11.8. The second-order valence-corrected chi connectivity index (χ2v) is 4.91. The first-order valence-electron chi connectivity index (χ1n) is 7.18. The predicted octanol–water partition coefficient (Wildman–Crippen LogP) is 2.65. The lowest BCUT2D eigenvalue weighted by atomic mass is 10.1. The third-order valence-electron chi connectivity index (χ3n) is 3.16. The van der Waals surface area contributed by atoms with Crippen LogP contribution in [0.4, 0.5) is 0 Å². The Morgan fingerprint density at radius 3 is 2.24 bits per heavy atom. The molecule has 1 amide bonds. The van der Waals surface area contributed by atoms with Crippen molar-refractivity contribution in [2.24, 2.45) is 0 Å². The fourth-order valence-corrected chi connectivity index (χ4v) is 1.95. The van der Waals surface area contributed by atoms with Crippen LogP contribution in [0.5, 0.6) is 0 Å². The van der Waals surface area contributed by atoms with E-state index in [2.05, 4.69) is 5.32 Å². The first-order chi connectivity index (χ1) is 10.1. The molecule has 1 aromatic carbocycles. The number of aldehydes is 1. The molecule has 0 saturated carbocycles. The van der Waals surface area contributed by atoms with Gasteiger partial charge in [-0.1, -0.05) is 31.4 Å². The van der Waals surface area contributed by atoms with E-state index in [1.54, 1.807) is 24.3 Å². The zero-order valence-corrected chi connectivity index (χ0v) is 12.0. The van der Waals surface area contributed by atoms with Crippen LogP contribution in [0.25, 0.3) is 0 Å². The molecular formula is C16H21NO4. The summed E-state index contributed by atoms with van der Waals surface area (Å²) in [6, 6.07) is 6.49. The molecule has 0 spiro atoms. The van der Waals surface area contributed by atoms with Crippen molar-refractivity contribution in [3.05, 3.63) is 35.4 Å². The van der Waals surface area contributed by atoms with Crippen LogP contribution in [-0.2, 0) is 4.79 Å². The SMILES string of the molecule is O=Cc1ccc(C(=O)NCCCCCCCC(=O)O)cc1. The summed E-state index contributed by atoms with van der Waals surface area (Å²) >= 11 is 0. The van der Waals surface area contributed by atoms with Crippen LogP contribution in [0.3, 0.4) is 0 Å². The van der Waals surface area contributed by atoms with Gasteiger partial charge in [0, 0.05) is 24.1 Å². The number of hydrogen-bond donors (Lipinski definition) is 2. The van der Waals surface area contributed by atoms with Crippen LogP contribution < -0.4 is 5.32 Å². The number of carbonyl (C=O) groups is 3. The first-order valence-corrected chi connectivity index (χ1v) is 7.18. The zero-order chi connectivity index (χ0) is 15.5. The Bertz CT molecular complexity index is 468. The summed E-state index contributed by atoms with van der Waals surface area (Å²) in [4.78, 5) is 32.6. The highest BCUT2D eigenvalue weighted by Gasteiger charge is 2.04. The van der Waals surface area contributed by atoms with E-state index in [4.69, 9.17) is 5.11 Å². The fraction of sp³-hybridized carbons (Fsp3) is 0.438. The Hall–Kier alpha value is -2.17. The molecule has 0 saturated heterocycles. The van der Waals surface area contributed by atoms with Gasteiger partial charge >= 0.3 is 5.97 Å². The number of unbranched alkanes of at least 4 members (excludes halogenated alkanes) is 4. The van der Waals surface area contributed by atoms with Gasteiger partial charge in [-0.25, -0.2) is 0 Å². The summed E-state index contributed by atoms with van der Waals surface area (Å²) in [7, 11) is 0. The molecule has 0 aromatic heterocycles. The van der Waals surface area contributed by atoms with Crippen molar-refractivity contribution in [2.75, 3.05) is 6.54 Å². The molecule has 2 N–H and O–H groups in total. The highest BCUT2D eigenvalue weighted by atomic mass is 16.4. The molecule has 5 nitrogen and oxygen atoms in total. The lowest BCUT2D eigenvalue weighted by Gasteiger charge is -2.05. The number of rotatable bonds is 10. The van der Waals surface area contributed by atoms with E-state index < -0.39 is 5.97 Å². The molecule has 21 heavy (non-hydrogen) atoms. The first kappa shape index (κ1) is 16.9. The zero-order valence-electron chi connectivity index (χ0n) is 12.0. The van der Waals surface area contributed by atoms with E-state index in [0.29, 0.717) is 24.1 Å². The molecule has 0 aliphatic rings. The number of carboxylic acid groups (broad SMARTS) is 1. The van der Waals surface area contributed by atoms with Gasteiger partial charge in [-0.15, -0.1) is 0 Å². The molecule has 5 heteroatoms. The minimum absolute atomic E-state index is 0.140. The smallest absolute Gasteiger partial charge is 0.303 e. The van der Waals surface area contributed by atoms with Gasteiger partial charge in [-0.3, -0.25) is 14.4 Å². The normalized spacial score (nSPS) is 10.1. The third kappa shape index (κ3) is 7.25. The maximum Gasteiger partial charge on any atom is 0.303 e. The third-order valence-corrected chi connectivity index (χ3v) is 3.16. The Morgan fingerprint density at radius 2 is 1.62 bits per heavy atom.